The summed E-state index contributed by atoms with van der Waals surface area (Å²) >= 11 is 1.75. The molecule has 0 atom stereocenters. The van der Waals surface area contributed by atoms with E-state index in [1.54, 1.807) is 25.3 Å². The van der Waals surface area contributed by atoms with Gasteiger partial charge in [0, 0.05) is 67.7 Å². The number of aliphatic hydroxyl groups excluding tert-OH is 1. The number of aromatic nitrogens is 3. The second kappa shape index (κ2) is 14.7. The summed E-state index contributed by atoms with van der Waals surface area (Å²) in [5.74, 6) is 0.577. The molecule has 2 aliphatic heterocycles. The molecule has 10 heteroatoms. The van der Waals surface area contributed by atoms with E-state index in [-0.39, 0.29) is 11.7 Å². The Labute approximate surface area is 213 Å². The summed E-state index contributed by atoms with van der Waals surface area (Å²) in [5.41, 5.74) is 1.15. The Balaban J connectivity index is 0.000000369. The van der Waals surface area contributed by atoms with Crippen molar-refractivity contribution in [2.24, 2.45) is 0 Å². The van der Waals surface area contributed by atoms with Gasteiger partial charge in [-0.25, -0.2) is 14.0 Å². The van der Waals surface area contributed by atoms with Gasteiger partial charge in [-0.3, -0.25) is 4.79 Å². The van der Waals surface area contributed by atoms with E-state index >= 15 is 0 Å². The van der Waals surface area contributed by atoms with Crippen molar-refractivity contribution in [1.82, 2.24) is 24.0 Å². The standard InChI is InChI=1S/C18H26N6O2S.C5H10O.C2H6/c1-12-10-13-11-19-18(22-16(13)21-17(12)25)20-14-2-6-24(7-3-14)27-23-15-4-8-26-9-5-15;6-5-3-1-2-4-5;1-2/h10-11,14-15,23H,2-9H2,1H3,(H2,19,20,21,22,25);5-6H,1-4H2;1-2H3. The summed E-state index contributed by atoms with van der Waals surface area (Å²) in [6.45, 7) is 9.54. The number of anilines is 1. The molecule has 2 aromatic heterocycles. The van der Waals surface area contributed by atoms with Crippen molar-refractivity contribution < 1.29 is 9.84 Å². The average Bonchev–Trinajstić information content (AvgIpc) is 3.38. The first-order valence-corrected chi connectivity index (χ1v) is 13.9. The first-order chi connectivity index (χ1) is 17.1. The third kappa shape index (κ3) is 9.02. The fraction of sp³-hybridized carbons (Fsp3) is 0.720. The van der Waals surface area contributed by atoms with Gasteiger partial charge in [0.15, 0.2) is 0 Å². The molecular weight excluding hydrogens is 464 g/mol. The Morgan fingerprint density at radius 3 is 2.40 bits per heavy atom. The zero-order valence-corrected chi connectivity index (χ0v) is 22.2. The molecule has 0 spiro atoms. The molecule has 0 amide bonds. The molecule has 0 radical (unpaired) electrons. The minimum absolute atomic E-state index is 0.0463. The lowest BCUT2D eigenvalue weighted by molar-refractivity contribution is 0.0835. The van der Waals surface area contributed by atoms with Crippen LogP contribution in [-0.2, 0) is 4.74 Å². The van der Waals surface area contributed by atoms with E-state index in [0.717, 1.165) is 70.2 Å². The zero-order chi connectivity index (χ0) is 25.0. The first-order valence-electron chi connectivity index (χ1n) is 13.1. The molecule has 0 aromatic carbocycles. The van der Waals surface area contributed by atoms with Gasteiger partial charge in [0.05, 0.1) is 6.10 Å². The number of piperidine rings is 1. The highest BCUT2D eigenvalue weighted by Gasteiger charge is 2.22. The van der Waals surface area contributed by atoms with Crippen LogP contribution in [-0.4, -0.2) is 68.9 Å². The molecule has 1 saturated carbocycles. The molecule has 3 fully saturated rings. The Bertz CT molecular complexity index is 938. The molecule has 9 nitrogen and oxygen atoms in total. The van der Waals surface area contributed by atoms with Crippen LogP contribution in [0, 0.1) is 6.92 Å². The number of fused-ring (bicyclic) bond motifs is 1. The minimum Gasteiger partial charge on any atom is -0.393 e. The van der Waals surface area contributed by atoms with Gasteiger partial charge in [0.1, 0.15) is 5.65 Å². The lowest BCUT2D eigenvalue weighted by Gasteiger charge is -2.33. The van der Waals surface area contributed by atoms with Gasteiger partial charge in [-0.15, -0.1) is 0 Å². The van der Waals surface area contributed by atoms with Gasteiger partial charge in [-0.2, -0.15) is 4.98 Å². The van der Waals surface area contributed by atoms with Crippen LogP contribution in [0.15, 0.2) is 17.1 Å². The maximum Gasteiger partial charge on any atom is 0.252 e. The number of hydrogen-bond donors (Lipinski definition) is 4. The van der Waals surface area contributed by atoms with E-state index in [2.05, 4.69) is 29.3 Å². The summed E-state index contributed by atoms with van der Waals surface area (Å²) in [7, 11) is 0. The molecule has 3 aliphatic rings. The molecule has 2 aromatic rings. The van der Waals surface area contributed by atoms with Crippen LogP contribution in [0.1, 0.15) is 70.8 Å². The SMILES string of the molecule is CC.Cc1cc2cnc(NC3CCN(SNC4CCOCC4)CC3)nc2[nH]c1=O.OC1CCCC1. The number of H-pyrrole nitrogens is 1. The number of aryl methyl sites for hydroxylation is 1. The highest BCUT2D eigenvalue weighted by Crippen LogP contribution is 2.21. The molecule has 1 aliphatic carbocycles. The molecule has 0 unspecified atom stereocenters. The Morgan fingerprint density at radius 1 is 1.09 bits per heavy atom. The molecule has 4 heterocycles. The first kappa shape index (κ1) is 27.9. The number of rotatable bonds is 5. The monoisotopic (exact) mass is 506 g/mol. The Hall–Kier alpha value is -1.72. The van der Waals surface area contributed by atoms with Gasteiger partial charge in [-0.1, -0.05) is 26.7 Å². The lowest BCUT2D eigenvalue weighted by Crippen LogP contribution is -2.39. The summed E-state index contributed by atoms with van der Waals surface area (Å²) in [5, 5.41) is 13.0. The Kier molecular flexibility index (Phi) is 11.7. The van der Waals surface area contributed by atoms with E-state index in [1.165, 1.54) is 12.8 Å². The predicted molar refractivity (Wildman–Crippen MR) is 144 cm³/mol. The van der Waals surface area contributed by atoms with Crippen molar-refractivity contribution in [2.45, 2.75) is 90.3 Å². The molecule has 4 N–H and O–H groups in total. The van der Waals surface area contributed by atoms with Gasteiger partial charge in [0.2, 0.25) is 5.95 Å². The number of nitrogens with zero attached hydrogens (tertiary/aromatic N) is 3. The van der Waals surface area contributed by atoms with E-state index in [1.807, 2.05) is 19.9 Å². The normalized spacial score (nSPS) is 20.1. The third-order valence-corrected chi connectivity index (χ3v) is 7.52. The number of ether oxygens (including phenoxy) is 1. The van der Waals surface area contributed by atoms with Crippen LogP contribution < -0.4 is 15.6 Å². The zero-order valence-electron chi connectivity index (χ0n) is 21.4. The molecule has 35 heavy (non-hydrogen) atoms. The molecule has 0 bridgehead atoms. The second-order valence-corrected chi connectivity index (χ2v) is 10.1. The smallest absolute Gasteiger partial charge is 0.252 e. The number of aliphatic hydroxyl groups is 1. The van der Waals surface area contributed by atoms with Gasteiger partial charge in [-0.05, 0) is 51.5 Å². The summed E-state index contributed by atoms with van der Waals surface area (Å²) < 4.78 is 11.4. The van der Waals surface area contributed by atoms with Gasteiger partial charge in [0.25, 0.3) is 5.56 Å². The van der Waals surface area contributed by atoms with Crippen LogP contribution in [0.25, 0.3) is 11.0 Å². The largest absolute Gasteiger partial charge is 0.393 e. The van der Waals surface area contributed by atoms with E-state index in [0.29, 0.717) is 29.2 Å². The number of aromatic amines is 1. The number of nitrogens with one attached hydrogen (secondary N) is 3. The lowest BCUT2D eigenvalue weighted by atomic mass is 10.1. The summed E-state index contributed by atoms with van der Waals surface area (Å²) in [4.78, 5) is 23.5. The van der Waals surface area contributed by atoms with Crippen molar-refractivity contribution in [3.05, 3.63) is 28.2 Å². The minimum atomic E-state index is -0.102. The van der Waals surface area contributed by atoms with Crippen LogP contribution >= 0.6 is 12.1 Å². The Morgan fingerprint density at radius 2 is 1.77 bits per heavy atom. The number of hydrogen-bond acceptors (Lipinski definition) is 9. The van der Waals surface area contributed by atoms with Gasteiger partial charge < -0.3 is 20.1 Å². The molecule has 196 valence electrons. The van der Waals surface area contributed by atoms with Crippen molar-refractivity contribution in [2.75, 3.05) is 31.6 Å². The van der Waals surface area contributed by atoms with Crippen LogP contribution in [0.3, 0.4) is 0 Å². The highest BCUT2D eigenvalue weighted by atomic mass is 32.2. The van der Waals surface area contributed by atoms with Gasteiger partial charge >= 0.3 is 0 Å². The fourth-order valence-corrected chi connectivity index (χ4v) is 5.24. The van der Waals surface area contributed by atoms with Crippen molar-refractivity contribution in [1.29, 1.82) is 0 Å². The topological polar surface area (TPSA) is 115 Å². The maximum absolute atomic E-state index is 11.8. The van der Waals surface area contributed by atoms with E-state index in [9.17, 15) is 4.79 Å². The maximum atomic E-state index is 11.8. The van der Waals surface area contributed by atoms with Crippen molar-refractivity contribution in [3.8, 4) is 0 Å². The second-order valence-electron chi connectivity index (χ2n) is 9.16. The summed E-state index contributed by atoms with van der Waals surface area (Å²) in [6, 6.07) is 2.72. The van der Waals surface area contributed by atoms with E-state index in [4.69, 9.17) is 9.84 Å². The molecule has 2 saturated heterocycles. The third-order valence-electron chi connectivity index (χ3n) is 6.46. The van der Waals surface area contributed by atoms with Crippen LogP contribution in [0.2, 0.25) is 0 Å². The van der Waals surface area contributed by atoms with E-state index < -0.39 is 0 Å². The average molecular weight is 507 g/mol. The fourth-order valence-electron chi connectivity index (χ4n) is 4.31. The predicted octanol–water partition coefficient (Wildman–Crippen LogP) is 3.78. The molecular formula is C25H42N6O3S. The van der Waals surface area contributed by atoms with Crippen LogP contribution in [0.5, 0.6) is 0 Å². The van der Waals surface area contributed by atoms with Crippen molar-refractivity contribution >= 4 is 29.1 Å². The van der Waals surface area contributed by atoms with Crippen molar-refractivity contribution in [3.63, 3.8) is 0 Å². The summed E-state index contributed by atoms with van der Waals surface area (Å²) in [6.07, 6.45) is 10.6. The molecule has 5 rings (SSSR count). The van der Waals surface area contributed by atoms with Crippen LogP contribution in [0.4, 0.5) is 5.95 Å². The number of pyridine rings is 1. The highest BCUT2D eigenvalue weighted by molar-refractivity contribution is 7.95. The quantitative estimate of drug-likeness (QED) is 0.450.